The number of imidazole rings is 1. The molecule has 0 aliphatic carbocycles. The highest BCUT2D eigenvalue weighted by atomic mass is 35.5. The van der Waals surface area contributed by atoms with Crippen LogP contribution in [-0.2, 0) is 6.54 Å². The van der Waals surface area contributed by atoms with Gasteiger partial charge in [0, 0.05) is 6.20 Å². The Kier molecular flexibility index (Phi) is 3.53. The van der Waals surface area contributed by atoms with Gasteiger partial charge >= 0.3 is 0 Å². The Bertz CT molecular complexity index is 484. The Balaban J connectivity index is 2.12. The molecular formula is C9H7Cl3N4. The van der Waals surface area contributed by atoms with Gasteiger partial charge in [-0.05, 0) is 6.07 Å². The van der Waals surface area contributed by atoms with Crippen molar-refractivity contribution in [1.82, 2.24) is 15.0 Å². The summed E-state index contributed by atoms with van der Waals surface area (Å²) in [6, 6.07) is 1.55. The SMILES string of the molecule is Clc1cc(Cl)c(NCc2cnc[nH]2)nc1Cl. The van der Waals surface area contributed by atoms with Gasteiger partial charge in [-0.2, -0.15) is 0 Å². The smallest absolute Gasteiger partial charge is 0.150 e. The van der Waals surface area contributed by atoms with Gasteiger partial charge < -0.3 is 10.3 Å². The lowest BCUT2D eigenvalue weighted by Crippen LogP contribution is -2.02. The summed E-state index contributed by atoms with van der Waals surface area (Å²) in [4.78, 5) is 10.9. The van der Waals surface area contributed by atoms with Crippen LogP contribution >= 0.6 is 34.8 Å². The Morgan fingerprint density at radius 1 is 1.25 bits per heavy atom. The Labute approximate surface area is 107 Å². The fraction of sp³-hybridized carbons (Fsp3) is 0.111. The molecule has 0 saturated carbocycles. The third-order valence-corrected chi connectivity index (χ3v) is 2.85. The number of aromatic nitrogens is 3. The number of nitrogens with zero attached hydrogens (tertiary/aromatic N) is 2. The first-order valence-corrected chi connectivity index (χ1v) is 5.53. The molecule has 84 valence electrons. The highest BCUT2D eigenvalue weighted by Crippen LogP contribution is 2.28. The summed E-state index contributed by atoms with van der Waals surface area (Å²) in [7, 11) is 0. The van der Waals surface area contributed by atoms with Gasteiger partial charge in [-0.3, -0.25) is 0 Å². The van der Waals surface area contributed by atoms with Crippen molar-refractivity contribution in [3.05, 3.63) is 39.5 Å². The summed E-state index contributed by atoms with van der Waals surface area (Å²) in [6.45, 7) is 0.532. The minimum absolute atomic E-state index is 0.221. The van der Waals surface area contributed by atoms with E-state index in [2.05, 4.69) is 20.3 Å². The van der Waals surface area contributed by atoms with Crippen molar-refractivity contribution >= 4 is 40.6 Å². The van der Waals surface area contributed by atoms with E-state index in [0.29, 0.717) is 22.4 Å². The van der Waals surface area contributed by atoms with Crippen molar-refractivity contribution in [2.45, 2.75) is 6.54 Å². The molecule has 0 aliphatic rings. The van der Waals surface area contributed by atoms with E-state index in [-0.39, 0.29) is 5.15 Å². The first-order valence-electron chi connectivity index (χ1n) is 4.39. The predicted octanol–water partition coefficient (Wildman–Crippen LogP) is 3.38. The maximum Gasteiger partial charge on any atom is 0.150 e. The van der Waals surface area contributed by atoms with E-state index in [9.17, 15) is 0 Å². The quantitative estimate of drug-likeness (QED) is 0.846. The van der Waals surface area contributed by atoms with Crippen molar-refractivity contribution in [3.63, 3.8) is 0 Å². The van der Waals surface area contributed by atoms with Crippen LogP contribution in [-0.4, -0.2) is 15.0 Å². The standard InChI is InChI=1S/C9H7Cl3N4/c10-6-1-7(11)9(16-8(6)12)14-3-5-2-13-4-15-5/h1-2,4H,3H2,(H,13,15)(H,14,16). The average molecular weight is 278 g/mol. The molecule has 0 spiro atoms. The van der Waals surface area contributed by atoms with Gasteiger partial charge in [-0.1, -0.05) is 34.8 Å². The van der Waals surface area contributed by atoms with Crippen LogP contribution in [0.3, 0.4) is 0 Å². The van der Waals surface area contributed by atoms with E-state index in [1.807, 2.05) is 0 Å². The zero-order valence-corrected chi connectivity index (χ0v) is 10.2. The first kappa shape index (κ1) is 11.5. The van der Waals surface area contributed by atoms with E-state index in [0.717, 1.165) is 5.69 Å². The average Bonchev–Trinajstić information content (AvgIpc) is 2.74. The topological polar surface area (TPSA) is 53.6 Å². The molecule has 4 nitrogen and oxygen atoms in total. The summed E-state index contributed by atoms with van der Waals surface area (Å²) in [5.41, 5.74) is 0.920. The molecule has 0 radical (unpaired) electrons. The van der Waals surface area contributed by atoms with E-state index in [1.54, 1.807) is 18.6 Å². The lowest BCUT2D eigenvalue weighted by molar-refractivity contribution is 1.05. The zero-order chi connectivity index (χ0) is 11.5. The third kappa shape index (κ3) is 2.58. The van der Waals surface area contributed by atoms with Gasteiger partial charge in [-0.25, -0.2) is 9.97 Å². The maximum atomic E-state index is 5.95. The third-order valence-electron chi connectivity index (χ3n) is 1.89. The lowest BCUT2D eigenvalue weighted by atomic mass is 10.4. The molecular weight excluding hydrogens is 270 g/mol. The molecule has 2 N–H and O–H groups in total. The van der Waals surface area contributed by atoms with Crippen LogP contribution in [0.4, 0.5) is 5.82 Å². The molecule has 2 rings (SSSR count). The molecule has 0 amide bonds. The number of hydrogen-bond acceptors (Lipinski definition) is 3. The van der Waals surface area contributed by atoms with Crippen molar-refractivity contribution < 1.29 is 0 Å². The summed E-state index contributed by atoms with van der Waals surface area (Å²) in [5, 5.41) is 4.00. The minimum Gasteiger partial charge on any atom is -0.363 e. The number of aromatic amines is 1. The van der Waals surface area contributed by atoms with Crippen LogP contribution in [0.5, 0.6) is 0 Å². The molecule has 7 heteroatoms. The molecule has 2 aromatic heterocycles. The lowest BCUT2D eigenvalue weighted by Gasteiger charge is -2.07. The maximum absolute atomic E-state index is 5.95. The Morgan fingerprint density at radius 3 is 2.75 bits per heavy atom. The minimum atomic E-state index is 0.221. The number of halogens is 3. The molecule has 0 unspecified atom stereocenters. The Hall–Kier alpha value is -0.970. The molecule has 0 atom stereocenters. The van der Waals surface area contributed by atoms with Crippen LogP contribution in [0.15, 0.2) is 18.6 Å². The molecule has 0 saturated heterocycles. The summed E-state index contributed by atoms with van der Waals surface area (Å²) in [5.74, 6) is 0.491. The van der Waals surface area contributed by atoms with Crippen LogP contribution in [0.1, 0.15) is 5.69 Å². The van der Waals surface area contributed by atoms with Crippen LogP contribution in [0.2, 0.25) is 15.2 Å². The molecule has 0 fully saturated rings. The highest BCUT2D eigenvalue weighted by molar-refractivity contribution is 6.42. The van der Waals surface area contributed by atoms with E-state index < -0.39 is 0 Å². The number of nitrogens with one attached hydrogen (secondary N) is 2. The van der Waals surface area contributed by atoms with Gasteiger partial charge in [0.15, 0.2) is 0 Å². The van der Waals surface area contributed by atoms with Crippen molar-refractivity contribution in [3.8, 4) is 0 Å². The number of hydrogen-bond donors (Lipinski definition) is 2. The second-order valence-electron chi connectivity index (χ2n) is 3.02. The van der Waals surface area contributed by atoms with Gasteiger partial charge in [0.25, 0.3) is 0 Å². The number of pyridine rings is 1. The molecule has 16 heavy (non-hydrogen) atoms. The fourth-order valence-electron chi connectivity index (χ4n) is 1.13. The molecule has 0 bridgehead atoms. The molecule has 2 aromatic rings. The number of rotatable bonds is 3. The summed E-state index contributed by atoms with van der Waals surface area (Å²) >= 11 is 17.5. The van der Waals surface area contributed by atoms with Gasteiger partial charge in [0.05, 0.1) is 28.6 Å². The molecule has 0 aliphatic heterocycles. The summed E-state index contributed by atoms with van der Waals surface area (Å²) < 4.78 is 0. The normalized spacial score (nSPS) is 10.4. The monoisotopic (exact) mass is 276 g/mol. The van der Waals surface area contributed by atoms with Crippen LogP contribution in [0.25, 0.3) is 0 Å². The predicted molar refractivity (Wildman–Crippen MR) is 65.2 cm³/mol. The second kappa shape index (κ2) is 4.91. The van der Waals surface area contributed by atoms with E-state index >= 15 is 0 Å². The van der Waals surface area contributed by atoms with Gasteiger partial charge in [0.2, 0.25) is 0 Å². The largest absolute Gasteiger partial charge is 0.363 e. The Morgan fingerprint density at radius 2 is 2.06 bits per heavy atom. The fourth-order valence-corrected chi connectivity index (χ4v) is 1.69. The molecule has 0 aromatic carbocycles. The molecule has 2 heterocycles. The van der Waals surface area contributed by atoms with Crippen LogP contribution in [0, 0.1) is 0 Å². The first-order chi connectivity index (χ1) is 7.66. The summed E-state index contributed by atoms with van der Waals surface area (Å²) in [6.07, 6.45) is 3.30. The highest BCUT2D eigenvalue weighted by Gasteiger charge is 2.07. The van der Waals surface area contributed by atoms with Crippen LogP contribution < -0.4 is 5.32 Å². The van der Waals surface area contributed by atoms with Crippen molar-refractivity contribution in [1.29, 1.82) is 0 Å². The second-order valence-corrected chi connectivity index (χ2v) is 4.19. The van der Waals surface area contributed by atoms with Gasteiger partial charge in [-0.15, -0.1) is 0 Å². The number of anilines is 1. The van der Waals surface area contributed by atoms with Crippen molar-refractivity contribution in [2.75, 3.05) is 5.32 Å². The van der Waals surface area contributed by atoms with Gasteiger partial charge in [0.1, 0.15) is 11.0 Å². The zero-order valence-electron chi connectivity index (χ0n) is 7.97. The van der Waals surface area contributed by atoms with E-state index in [4.69, 9.17) is 34.8 Å². The van der Waals surface area contributed by atoms with Crippen molar-refractivity contribution in [2.24, 2.45) is 0 Å². The number of H-pyrrole nitrogens is 1. The van der Waals surface area contributed by atoms with E-state index in [1.165, 1.54) is 0 Å².